The molecule has 0 aliphatic carbocycles. The summed E-state index contributed by atoms with van der Waals surface area (Å²) in [5.41, 5.74) is 0.839. The summed E-state index contributed by atoms with van der Waals surface area (Å²) < 4.78 is 42.9. The zero-order valence-corrected chi connectivity index (χ0v) is 13.0. The van der Waals surface area contributed by atoms with Crippen molar-refractivity contribution < 1.29 is 27.5 Å². The van der Waals surface area contributed by atoms with E-state index in [9.17, 15) is 22.8 Å². The van der Waals surface area contributed by atoms with Crippen molar-refractivity contribution in [2.45, 2.75) is 19.0 Å². The van der Waals surface area contributed by atoms with Crippen LogP contribution in [0.25, 0.3) is 0 Å². The maximum Gasteiger partial charge on any atom is 0.416 e. The zero-order valence-electron chi connectivity index (χ0n) is 13.0. The van der Waals surface area contributed by atoms with Crippen LogP contribution in [0.1, 0.15) is 16.7 Å². The second-order valence-electron chi connectivity index (χ2n) is 5.71. The lowest BCUT2D eigenvalue weighted by Gasteiger charge is -2.20. The molecular weight excluding hydrogens is 335 g/mol. The van der Waals surface area contributed by atoms with Crippen molar-refractivity contribution in [1.82, 2.24) is 0 Å². The molecule has 1 heterocycles. The van der Waals surface area contributed by atoms with Gasteiger partial charge in [0, 0.05) is 12.8 Å². The molecule has 3 rings (SSSR count). The molecule has 2 aromatic carbocycles. The van der Waals surface area contributed by atoms with E-state index in [0.717, 1.165) is 12.1 Å². The molecule has 0 bridgehead atoms. The Morgan fingerprint density at radius 3 is 2.48 bits per heavy atom. The molecular formula is C18H14F3NO3. The predicted octanol–water partition coefficient (Wildman–Crippen LogP) is 3.39. The van der Waals surface area contributed by atoms with Crippen molar-refractivity contribution >= 4 is 17.4 Å². The maximum absolute atomic E-state index is 12.5. The molecule has 0 radical (unpaired) electrons. The first-order valence-corrected chi connectivity index (χ1v) is 7.55. The summed E-state index contributed by atoms with van der Waals surface area (Å²) >= 11 is 0. The normalized spacial score (nSPS) is 13.6. The lowest BCUT2D eigenvalue weighted by molar-refractivity contribution is -0.137. The molecule has 0 fully saturated rings. The first kappa shape index (κ1) is 17.0. The van der Waals surface area contributed by atoms with Gasteiger partial charge >= 0.3 is 6.18 Å². The number of amides is 1. The van der Waals surface area contributed by atoms with Crippen molar-refractivity contribution in [2.24, 2.45) is 0 Å². The quantitative estimate of drug-likeness (QED) is 0.921. The third kappa shape index (κ3) is 3.99. The molecule has 0 saturated heterocycles. The van der Waals surface area contributed by atoms with E-state index in [4.69, 9.17) is 4.74 Å². The Labute approximate surface area is 141 Å². The first-order chi connectivity index (χ1) is 11.8. The molecule has 130 valence electrons. The monoisotopic (exact) mass is 349 g/mol. The number of hydrogen-bond donors (Lipinski definition) is 1. The van der Waals surface area contributed by atoms with Gasteiger partial charge in [0.1, 0.15) is 11.5 Å². The molecule has 0 atom stereocenters. The number of halogens is 3. The molecule has 2 aromatic rings. The highest BCUT2D eigenvalue weighted by Gasteiger charge is 2.30. The van der Waals surface area contributed by atoms with Gasteiger partial charge in [0.2, 0.25) is 0 Å². The Morgan fingerprint density at radius 2 is 1.80 bits per heavy atom. The fourth-order valence-electron chi connectivity index (χ4n) is 2.62. The number of Topliss-reactive ketones (excluding diaryl/α,β-unsaturated/α-hetero) is 1. The van der Waals surface area contributed by atoms with Crippen LogP contribution in [0.3, 0.4) is 0 Å². The number of alkyl halides is 3. The minimum absolute atomic E-state index is 0.0105. The van der Waals surface area contributed by atoms with E-state index in [1.54, 1.807) is 18.2 Å². The van der Waals surface area contributed by atoms with E-state index in [1.165, 1.54) is 12.1 Å². The van der Waals surface area contributed by atoms with Gasteiger partial charge in [-0.05, 0) is 29.3 Å². The van der Waals surface area contributed by atoms with Crippen LogP contribution in [-0.2, 0) is 28.6 Å². The van der Waals surface area contributed by atoms with E-state index in [-0.39, 0.29) is 31.1 Å². The summed E-state index contributed by atoms with van der Waals surface area (Å²) in [6.07, 6.45) is -4.34. The van der Waals surface area contributed by atoms with Gasteiger partial charge in [-0.3, -0.25) is 9.59 Å². The van der Waals surface area contributed by atoms with Crippen LogP contribution in [0.4, 0.5) is 18.9 Å². The van der Waals surface area contributed by atoms with Gasteiger partial charge in [0.05, 0.1) is 11.3 Å². The number of para-hydroxylation sites is 1. The summed E-state index contributed by atoms with van der Waals surface area (Å²) in [5.74, 6) is 0.0301. The summed E-state index contributed by atoms with van der Waals surface area (Å²) in [6, 6.07) is 9.63. The summed E-state index contributed by atoms with van der Waals surface area (Å²) in [6.45, 7) is -0.0735. The molecule has 0 unspecified atom stereocenters. The Kier molecular flexibility index (Phi) is 4.48. The Hall–Kier alpha value is -2.83. The molecule has 0 aromatic heterocycles. The van der Waals surface area contributed by atoms with Crippen molar-refractivity contribution in [3.63, 3.8) is 0 Å². The Morgan fingerprint density at radius 1 is 1.08 bits per heavy atom. The highest BCUT2D eigenvalue weighted by Crippen LogP contribution is 2.32. The van der Waals surface area contributed by atoms with Gasteiger partial charge in [-0.15, -0.1) is 0 Å². The number of anilines is 1. The first-order valence-electron chi connectivity index (χ1n) is 7.55. The van der Waals surface area contributed by atoms with Crippen LogP contribution >= 0.6 is 0 Å². The van der Waals surface area contributed by atoms with Gasteiger partial charge in [0.25, 0.3) is 5.91 Å². The van der Waals surface area contributed by atoms with Gasteiger partial charge in [0.15, 0.2) is 6.61 Å². The van der Waals surface area contributed by atoms with Crippen LogP contribution in [0.15, 0.2) is 42.5 Å². The number of carbonyl (C=O) groups excluding carboxylic acids is 2. The minimum Gasteiger partial charge on any atom is -0.482 e. The van der Waals surface area contributed by atoms with Gasteiger partial charge in [-0.1, -0.05) is 24.3 Å². The molecule has 1 aliphatic rings. The Bertz CT molecular complexity index is 813. The molecule has 1 aliphatic heterocycles. The average molecular weight is 349 g/mol. The third-order valence-corrected chi connectivity index (χ3v) is 3.81. The summed E-state index contributed by atoms with van der Waals surface area (Å²) in [7, 11) is 0. The van der Waals surface area contributed by atoms with E-state index in [2.05, 4.69) is 5.32 Å². The molecule has 25 heavy (non-hydrogen) atoms. The largest absolute Gasteiger partial charge is 0.482 e. The van der Waals surface area contributed by atoms with Gasteiger partial charge in [-0.25, -0.2) is 0 Å². The number of hydrogen-bond acceptors (Lipinski definition) is 3. The smallest absolute Gasteiger partial charge is 0.416 e. The molecule has 1 N–H and O–H groups in total. The molecule has 0 saturated carbocycles. The van der Waals surface area contributed by atoms with Crippen molar-refractivity contribution in [3.05, 3.63) is 59.2 Å². The summed E-state index contributed by atoms with van der Waals surface area (Å²) in [4.78, 5) is 23.7. The lowest BCUT2D eigenvalue weighted by Crippen LogP contribution is -2.26. The van der Waals surface area contributed by atoms with Crippen LogP contribution in [-0.4, -0.2) is 18.3 Å². The van der Waals surface area contributed by atoms with Crippen LogP contribution in [0.2, 0.25) is 0 Å². The average Bonchev–Trinajstić information content (AvgIpc) is 2.55. The number of fused-ring (bicyclic) bond motifs is 1. The van der Waals surface area contributed by atoms with Gasteiger partial charge < -0.3 is 10.1 Å². The van der Waals surface area contributed by atoms with Gasteiger partial charge in [-0.2, -0.15) is 13.2 Å². The number of nitrogens with one attached hydrogen (secondary N) is 1. The molecule has 4 nitrogen and oxygen atoms in total. The maximum atomic E-state index is 12.5. The van der Waals surface area contributed by atoms with Crippen molar-refractivity contribution in [1.29, 1.82) is 0 Å². The van der Waals surface area contributed by atoms with E-state index in [1.807, 2.05) is 0 Å². The number of ether oxygens (including phenoxy) is 1. The van der Waals surface area contributed by atoms with Crippen LogP contribution in [0.5, 0.6) is 5.75 Å². The SMILES string of the molecule is O=C(Cc1ccc(C(F)(F)F)cc1)Cc1cccc2c1NC(=O)CO2. The number of rotatable bonds is 4. The molecule has 7 heteroatoms. The fourth-order valence-corrected chi connectivity index (χ4v) is 2.62. The van der Waals surface area contributed by atoms with Crippen molar-refractivity contribution in [3.8, 4) is 5.75 Å². The lowest BCUT2D eigenvalue weighted by atomic mass is 10.00. The minimum atomic E-state index is -4.40. The standard InChI is InChI=1S/C18H14F3NO3/c19-18(20,21)13-6-4-11(5-7-13)8-14(23)9-12-2-1-3-15-17(12)22-16(24)10-25-15/h1-7H,8-10H2,(H,22,24). The van der Waals surface area contributed by atoms with E-state index in [0.29, 0.717) is 22.6 Å². The topological polar surface area (TPSA) is 55.4 Å². The van der Waals surface area contributed by atoms with Crippen LogP contribution in [0, 0.1) is 0 Å². The molecule has 1 amide bonds. The highest BCUT2D eigenvalue weighted by atomic mass is 19.4. The van der Waals surface area contributed by atoms with Crippen molar-refractivity contribution in [2.75, 3.05) is 11.9 Å². The second kappa shape index (κ2) is 6.58. The summed E-state index contributed by atoms with van der Waals surface area (Å²) in [5, 5.41) is 2.68. The third-order valence-electron chi connectivity index (χ3n) is 3.81. The second-order valence-corrected chi connectivity index (χ2v) is 5.71. The Balaban J connectivity index is 1.70. The number of carbonyl (C=O) groups is 2. The predicted molar refractivity (Wildman–Crippen MR) is 84.4 cm³/mol. The van der Waals surface area contributed by atoms with E-state index < -0.39 is 11.7 Å². The van der Waals surface area contributed by atoms with Crippen LogP contribution < -0.4 is 10.1 Å². The molecule has 0 spiro atoms. The number of benzene rings is 2. The fraction of sp³-hybridized carbons (Fsp3) is 0.222. The zero-order chi connectivity index (χ0) is 18.0. The highest BCUT2D eigenvalue weighted by molar-refractivity contribution is 5.97. The van der Waals surface area contributed by atoms with E-state index >= 15 is 0 Å². The number of ketones is 1.